The Morgan fingerprint density at radius 2 is 1.47 bits per heavy atom. The molecular formula is C13H8F3I. The molecule has 0 saturated carbocycles. The van der Waals surface area contributed by atoms with Gasteiger partial charge in [0, 0.05) is 3.57 Å². The summed E-state index contributed by atoms with van der Waals surface area (Å²) >= 11 is 1.90. The Bertz CT molecular complexity index is 518. The SMILES string of the molecule is FC(F)(F)c1cc(I)cc(-c2ccccc2)c1. The van der Waals surface area contributed by atoms with E-state index in [1.807, 2.05) is 40.8 Å². The van der Waals surface area contributed by atoms with Crippen molar-refractivity contribution in [1.82, 2.24) is 0 Å². The van der Waals surface area contributed by atoms with Crippen LogP contribution in [0.4, 0.5) is 13.2 Å². The molecule has 2 rings (SSSR count). The molecule has 0 bridgehead atoms. The molecule has 0 N–H and O–H groups in total. The highest BCUT2D eigenvalue weighted by atomic mass is 127. The predicted octanol–water partition coefficient (Wildman–Crippen LogP) is 4.98. The monoisotopic (exact) mass is 348 g/mol. The minimum absolute atomic E-state index is 0.580. The van der Waals surface area contributed by atoms with Gasteiger partial charge in [0.1, 0.15) is 0 Å². The van der Waals surface area contributed by atoms with Gasteiger partial charge in [0.15, 0.2) is 0 Å². The lowest BCUT2D eigenvalue weighted by Crippen LogP contribution is -2.05. The minimum atomic E-state index is -4.30. The Balaban J connectivity index is 2.54. The molecule has 88 valence electrons. The van der Waals surface area contributed by atoms with E-state index >= 15 is 0 Å². The minimum Gasteiger partial charge on any atom is -0.166 e. The van der Waals surface area contributed by atoms with Gasteiger partial charge in [-0.05, 0) is 51.9 Å². The Morgan fingerprint density at radius 3 is 2.06 bits per heavy atom. The first-order valence-corrected chi connectivity index (χ1v) is 5.98. The van der Waals surface area contributed by atoms with E-state index in [0.29, 0.717) is 9.13 Å². The number of hydrogen-bond donors (Lipinski definition) is 0. The molecule has 0 spiro atoms. The summed E-state index contributed by atoms with van der Waals surface area (Å²) in [7, 11) is 0. The quantitative estimate of drug-likeness (QED) is 0.638. The fourth-order valence-corrected chi connectivity index (χ4v) is 2.22. The van der Waals surface area contributed by atoms with Crippen LogP contribution >= 0.6 is 22.6 Å². The molecule has 0 radical (unpaired) electrons. The van der Waals surface area contributed by atoms with Gasteiger partial charge in [0.2, 0.25) is 0 Å². The highest BCUT2D eigenvalue weighted by Crippen LogP contribution is 2.33. The lowest BCUT2D eigenvalue weighted by atomic mass is 10.0. The van der Waals surface area contributed by atoms with Gasteiger partial charge in [0.05, 0.1) is 5.56 Å². The van der Waals surface area contributed by atoms with Gasteiger partial charge < -0.3 is 0 Å². The molecule has 0 aliphatic rings. The van der Waals surface area contributed by atoms with Gasteiger partial charge in [-0.2, -0.15) is 13.2 Å². The van der Waals surface area contributed by atoms with E-state index in [1.54, 1.807) is 18.2 Å². The number of hydrogen-bond acceptors (Lipinski definition) is 0. The van der Waals surface area contributed by atoms with Crippen molar-refractivity contribution in [2.45, 2.75) is 6.18 Å². The van der Waals surface area contributed by atoms with Gasteiger partial charge in [-0.15, -0.1) is 0 Å². The maximum atomic E-state index is 12.7. The number of halogens is 4. The fourth-order valence-electron chi connectivity index (χ4n) is 1.55. The first kappa shape index (κ1) is 12.4. The van der Waals surface area contributed by atoms with Crippen LogP contribution in [0.2, 0.25) is 0 Å². The number of rotatable bonds is 1. The Hall–Kier alpha value is -1.04. The fraction of sp³-hybridized carbons (Fsp3) is 0.0769. The average molecular weight is 348 g/mol. The first-order valence-electron chi connectivity index (χ1n) is 4.90. The molecule has 0 atom stereocenters. The molecule has 0 heterocycles. The van der Waals surface area contributed by atoms with Crippen LogP contribution in [0, 0.1) is 3.57 Å². The molecule has 0 amide bonds. The van der Waals surface area contributed by atoms with E-state index in [-0.39, 0.29) is 0 Å². The molecule has 4 heteroatoms. The van der Waals surface area contributed by atoms with Crippen LogP contribution in [0.5, 0.6) is 0 Å². The standard InChI is InChI=1S/C13H8F3I/c14-13(15,16)11-6-10(7-12(17)8-11)9-4-2-1-3-5-9/h1-8H. The van der Waals surface area contributed by atoms with Crippen molar-refractivity contribution in [1.29, 1.82) is 0 Å². The summed E-state index contributed by atoms with van der Waals surface area (Å²) in [4.78, 5) is 0. The molecule has 17 heavy (non-hydrogen) atoms. The van der Waals surface area contributed by atoms with E-state index < -0.39 is 11.7 Å². The molecule has 0 aromatic heterocycles. The van der Waals surface area contributed by atoms with Crippen LogP contribution in [0.3, 0.4) is 0 Å². The molecule has 0 aliphatic carbocycles. The smallest absolute Gasteiger partial charge is 0.166 e. The second-order valence-corrected chi connectivity index (χ2v) is 4.84. The summed E-state index contributed by atoms with van der Waals surface area (Å²) in [6.45, 7) is 0. The summed E-state index contributed by atoms with van der Waals surface area (Å²) < 4.78 is 38.6. The summed E-state index contributed by atoms with van der Waals surface area (Å²) in [6.07, 6.45) is -4.30. The van der Waals surface area contributed by atoms with Gasteiger partial charge in [-0.25, -0.2) is 0 Å². The van der Waals surface area contributed by atoms with Crippen molar-refractivity contribution in [3.63, 3.8) is 0 Å². The lowest BCUT2D eigenvalue weighted by molar-refractivity contribution is -0.137. The van der Waals surface area contributed by atoms with Crippen molar-refractivity contribution >= 4 is 22.6 Å². The summed E-state index contributed by atoms with van der Waals surface area (Å²) in [5, 5.41) is 0. The third-order valence-electron chi connectivity index (χ3n) is 2.33. The molecule has 2 aromatic rings. The maximum absolute atomic E-state index is 12.7. The highest BCUT2D eigenvalue weighted by Gasteiger charge is 2.31. The van der Waals surface area contributed by atoms with Crippen LogP contribution in [-0.4, -0.2) is 0 Å². The third-order valence-corrected chi connectivity index (χ3v) is 2.96. The van der Waals surface area contributed by atoms with E-state index in [1.165, 1.54) is 6.07 Å². The molecule has 0 unspecified atom stereocenters. The van der Waals surface area contributed by atoms with Crippen molar-refractivity contribution < 1.29 is 13.2 Å². The van der Waals surface area contributed by atoms with Crippen LogP contribution in [0.15, 0.2) is 48.5 Å². The van der Waals surface area contributed by atoms with Gasteiger partial charge in [-0.3, -0.25) is 0 Å². The highest BCUT2D eigenvalue weighted by molar-refractivity contribution is 14.1. The van der Waals surface area contributed by atoms with Gasteiger partial charge in [-0.1, -0.05) is 30.3 Å². The number of alkyl halides is 3. The summed E-state index contributed by atoms with van der Waals surface area (Å²) in [6, 6.07) is 13.1. The van der Waals surface area contributed by atoms with Crippen LogP contribution in [0.25, 0.3) is 11.1 Å². The first-order chi connectivity index (χ1) is 7.97. The van der Waals surface area contributed by atoms with E-state index in [2.05, 4.69) is 0 Å². The normalized spacial score (nSPS) is 11.5. The topological polar surface area (TPSA) is 0 Å². The maximum Gasteiger partial charge on any atom is 0.416 e. The second kappa shape index (κ2) is 4.68. The van der Waals surface area contributed by atoms with Crippen molar-refractivity contribution in [2.75, 3.05) is 0 Å². The summed E-state index contributed by atoms with van der Waals surface area (Å²) in [5.74, 6) is 0. The summed E-state index contributed by atoms with van der Waals surface area (Å²) in [5.41, 5.74) is 0.768. The second-order valence-electron chi connectivity index (χ2n) is 3.59. The third kappa shape index (κ3) is 3.00. The number of benzene rings is 2. The molecule has 2 aromatic carbocycles. The van der Waals surface area contributed by atoms with E-state index in [9.17, 15) is 13.2 Å². The molecule has 0 fully saturated rings. The Labute approximate surface area is 111 Å². The zero-order valence-corrected chi connectivity index (χ0v) is 10.8. The predicted molar refractivity (Wildman–Crippen MR) is 69.6 cm³/mol. The van der Waals surface area contributed by atoms with Crippen molar-refractivity contribution in [3.8, 4) is 11.1 Å². The molecule has 0 nitrogen and oxygen atoms in total. The lowest BCUT2D eigenvalue weighted by Gasteiger charge is -2.10. The van der Waals surface area contributed by atoms with Crippen LogP contribution in [0.1, 0.15) is 5.56 Å². The van der Waals surface area contributed by atoms with Crippen molar-refractivity contribution in [3.05, 3.63) is 57.7 Å². The zero-order chi connectivity index (χ0) is 12.5. The van der Waals surface area contributed by atoms with Gasteiger partial charge in [0.25, 0.3) is 0 Å². The van der Waals surface area contributed by atoms with Gasteiger partial charge >= 0.3 is 6.18 Å². The zero-order valence-electron chi connectivity index (χ0n) is 8.63. The Kier molecular flexibility index (Phi) is 3.42. The van der Waals surface area contributed by atoms with E-state index in [4.69, 9.17) is 0 Å². The Morgan fingerprint density at radius 1 is 0.824 bits per heavy atom. The van der Waals surface area contributed by atoms with Crippen LogP contribution < -0.4 is 0 Å². The van der Waals surface area contributed by atoms with E-state index in [0.717, 1.165) is 11.6 Å². The van der Waals surface area contributed by atoms with Crippen LogP contribution in [-0.2, 0) is 6.18 Å². The molecule has 0 aliphatic heterocycles. The largest absolute Gasteiger partial charge is 0.416 e. The average Bonchev–Trinajstić information content (AvgIpc) is 2.28. The van der Waals surface area contributed by atoms with Crippen molar-refractivity contribution in [2.24, 2.45) is 0 Å². The molecule has 0 saturated heterocycles. The molecular weight excluding hydrogens is 340 g/mol.